The quantitative estimate of drug-likeness (QED) is 0.0263. The molecule has 340 valence electrons. The molecular weight excluding hydrogens is 733 g/mol. The molecule has 0 N–H and O–H groups in total. The molecule has 0 aromatic rings. The molecule has 0 heterocycles. The summed E-state index contributed by atoms with van der Waals surface area (Å²) < 4.78 is 16.7. The Balaban J connectivity index is 4.40. The van der Waals surface area contributed by atoms with Gasteiger partial charge in [-0.1, -0.05) is 197 Å². The summed E-state index contributed by atoms with van der Waals surface area (Å²) in [6.07, 6.45) is 57.7. The number of carbonyl (C=O) groups is 3. The molecule has 6 nitrogen and oxygen atoms in total. The summed E-state index contributed by atoms with van der Waals surface area (Å²) in [5.74, 6) is -0.928. The van der Waals surface area contributed by atoms with Gasteiger partial charge in [0.15, 0.2) is 6.10 Å². The van der Waals surface area contributed by atoms with E-state index in [1.54, 1.807) is 0 Å². The average Bonchev–Trinajstić information content (AvgIpc) is 3.23. The zero-order valence-electron chi connectivity index (χ0n) is 38.8. The fraction of sp³-hybridized carbons (Fsp3) is 0.755. The SMILES string of the molecule is CCCC/C=C\CCCCCCCC(=O)OC[C@@H](COC(=O)CCCCC/C=C\C/C=C\C/C=C\C/C=C\CCCCC)OC(=O)CCCCCCCCCCCCC. The van der Waals surface area contributed by atoms with Gasteiger partial charge in [-0.15, -0.1) is 0 Å². The first-order chi connectivity index (χ1) is 29.0. The number of rotatable bonds is 44. The third kappa shape index (κ3) is 46.0. The topological polar surface area (TPSA) is 78.9 Å². The highest BCUT2D eigenvalue weighted by atomic mass is 16.6. The minimum atomic E-state index is -0.786. The number of carbonyl (C=O) groups excluding carboxylic acids is 3. The summed E-state index contributed by atoms with van der Waals surface area (Å²) in [5.41, 5.74) is 0. The Kier molecular flexibility index (Phi) is 45.4. The number of esters is 3. The van der Waals surface area contributed by atoms with E-state index < -0.39 is 6.10 Å². The molecule has 0 aliphatic heterocycles. The second-order valence-electron chi connectivity index (χ2n) is 16.4. The predicted octanol–water partition coefficient (Wildman–Crippen LogP) is 16.1. The second-order valence-corrected chi connectivity index (χ2v) is 16.4. The van der Waals surface area contributed by atoms with Crippen LogP contribution in [-0.2, 0) is 28.6 Å². The van der Waals surface area contributed by atoms with E-state index in [9.17, 15) is 14.4 Å². The highest BCUT2D eigenvalue weighted by Gasteiger charge is 2.19. The van der Waals surface area contributed by atoms with Crippen molar-refractivity contribution >= 4 is 17.9 Å². The van der Waals surface area contributed by atoms with Crippen LogP contribution in [0.4, 0.5) is 0 Å². The van der Waals surface area contributed by atoms with Crippen molar-refractivity contribution in [3.05, 3.63) is 60.8 Å². The van der Waals surface area contributed by atoms with Crippen LogP contribution in [0.5, 0.6) is 0 Å². The van der Waals surface area contributed by atoms with Gasteiger partial charge in [-0.2, -0.15) is 0 Å². The molecule has 1 atom stereocenters. The van der Waals surface area contributed by atoms with Crippen molar-refractivity contribution in [2.24, 2.45) is 0 Å². The number of hydrogen-bond acceptors (Lipinski definition) is 6. The summed E-state index contributed by atoms with van der Waals surface area (Å²) >= 11 is 0. The Hall–Kier alpha value is -2.89. The summed E-state index contributed by atoms with van der Waals surface area (Å²) in [6, 6.07) is 0. The Morgan fingerprint density at radius 1 is 0.339 bits per heavy atom. The van der Waals surface area contributed by atoms with Crippen LogP contribution in [0.3, 0.4) is 0 Å². The lowest BCUT2D eigenvalue weighted by molar-refractivity contribution is -0.167. The van der Waals surface area contributed by atoms with E-state index in [0.717, 1.165) is 89.9 Å². The van der Waals surface area contributed by atoms with Gasteiger partial charge in [-0.3, -0.25) is 14.4 Å². The first kappa shape index (κ1) is 56.1. The Labute approximate surface area is 364 Å². The van der Waals surface area contributed by atoms with Crippen LogP contribution in [0.15, 0.2) is 60.8 Å². The van der Waals surface area contributed by atoms with Gasteiger partial charge in [0.1, 0.15) is 13.2 Å². The standard InChI is InChI=1S/C53H92O6/c1-4-7-10-13-16-19-22-23-24-25-26-27-28-29-32-34-37-40-43-46-52(55)58-49-50(59-53(56)47-44-41-38-35-31-21-18-15-12-9-6-3)48-57-51(54)45-42-39-36-33-30-20-17-14-11-8-5-2/h14,16-17,19,23-24,26-27,29,32,50H,4-13,15,18,20-22,25,28,30-31,33-49H2,1-3H3/b17-14-,19-16-,24-23-,27-26-,32-29-/t50-/m0/s1. The number of ether oxygens (including phenoxy) is 3. The van der Waals surface area contributed by atoms with Crippen molar-refractivity contribution in [2.45, 2.75) is 245 Å². The number of hydrogen-bond donors (Lipinski definition) is 0. The van der Waals surface area contributed by atoms with E-state index in [0.29, 0.717) is 19.3 Å². The lowest BCUT2D eigenvalue weighted by Crippen LogP contribution is -2.30. The van der Waals surface area contributed by atoms with Crippen LogP contribution in [0.2, 0.25) is 0 Å². The van der Waals surface area contributed by atoms with Gasteiger partial charge in [-0.05, 0) is 83.5 Å². The molecular formula is C53H92O6. The molecule has 0 bridgehead atoms. The molecule has 0 aliphatic rings. The van der Waals surface area contributed by atoms with E-state index in [2.05, 4.69) is 81.5 Å². The van der Waals surface area contributed by atoms with Crippen LogP contribution in [0, 0.1) is 0 Å². The molecule has 0 fully saturated rings. The third-order valence-electron chi connectivity index (χ3n) is 10.5. The largest absolute Gasteiger partial charge is 0.462 e. The van der Waals surface area contributed by atoms with Gasteiger partial charge in [0, 0.05) is 19.3 Å². The lowest BCUT2D eigenvalue weighted by Gasteiger charge is -2.18. The maximum atomic E-state index is 12.7. The summed E-state index contributed by atoms with van der Waals surface area (Å²) in [4.78, 5) is 37.8. The smallest absolute Gasteiger partial charge is 0.306 e. The van der Waals surface area contributed by atoms with E-state index in [1.807, 2.05) is 0 Å². The molecule has 0 spiro atoms. The third-order valence-corrected chi connectivity index (χ3v) is 10.5. The van der Waals surface area contributed by atoms with E-state index >= 15 is 0 Å². The summed E-state index contributed by atoms with van der Waals surface area (Å²) in [5, 5.41) is 0. The van der Waals surface area contributed by atoms with Crippen LogP contribution >= 0.6 is 0 Å². The first-order valence-electron chi connectivity index (χ1n) is 24.8. The van der Waals surface area contributed by atoms with Crippen molar-refractivity contribution < 1.29 is 28.6 Å². The zero-order valence-corrected chi connectivity index (χ0v) is 38.8. The van der Waals surface area contributed by atoms with Crippen LogP contribution in [-0.4, -0.2) is 37.2 Å². The normalized spacial score (nSPS) is 12.5. The predicted molar refractivity (Wildman–Crippen MR) is 251 cm³/mol. The van der Waals surface area contributed by atoms with Crippen molar-refractivity contribution in [1.29, 1.82) is 0 Å². The van der Waals surface area contributed by atoms with Crippen molar-refractivity contribution in [3.8, 4) is 0 Å². The maximum absolute atomic E-state index is 12.7. The van der Waals surface area contributed by atoms with Crippen LogP contribution < -0.4 is 0 Å². The maximum Gasteiger partial charge on any atom is 0.306 e. The van der Waals surface area contributed by atoms with Crippen molar-refractivity contribution in [2.75, 3.05) is 13.2 Å². The number of unbranched alkanes of at least 4 members (excludes halogenated alkanes) is 23. The minimum Gasteiger partial charge on any atom is -0.462 e. The molecule has 0 aliphatic carbocycles. The van der Waals surface area contributed by atoms with Crippen LogP contribution in [0.25, 0.3) is 0 Å². The molecule has 59 heavy (non-hydrogen) atoms. The van der Waals surface area contributed by atoms with Gasteiger partial charge in [0.2, 0.25) is 0 Å². The lowest BCUT2D eigenvalue weighted by atomic mass is 10.1. The van der Waals surface area contributed by atoms with Crippen LogP contribution in [0.1, 0.15) is 239 Å². The highest BCUT2D eigenvalue weighted by molar-refractivity contribution is 5.71. The Morgan fingerprint density at radius 2 is 0.627 bits per heavy atom. The molecule has 0 rings (SSSR count). The Morgan fingerprint density at radius 3 is 1.07 bits per heavy atom. The van der Waals surface area contributed by atoms with Gasteiger partial charge < -0.3 is 14.2 Å². The molecule has 0 amide bonds. The van der Waals surface area contributed by atoms with Gasteiger partial charge in [-0.25, -0.2) is 0 Å². The van der Waals surface area contributed by atoms with Crippen molar-refractivity contribution in [1.82, 2.24) is 0 Å². The fourth-order valence-electron chi connectivity index (χ4n) is 6.70. The van der Waals surface area contributed by atoms with Crippen molar-refractivity contribution in [3.63, 3.8) is 0 Å². The van der Waals surface area contributed by atoms with E-state index in [-0.39, 0.29) is 31.1 Å². The minimum absolute atomic E-state index is 0.0877. The molecule has 0 aromatic heterocycles. The monoisotopic (exact) mass is 825 g/mol. The van der Waals surface area contributed by atoms with E-state index in [1.165, 1.54) is 109 Å². The first-order valence-corrected chi connectivity index (χ1v) is 24.8. The molecule has 0 saturated carbocycles. The Bertz CT molecular complexity index is 1090. The molecule has 0 unspecified atom stereocenters. The summed E-state index contributed by atoms with van der Waals surface area (Å²) in [6.45, 7) is 6.52. The second kappa shape index (κ2) is 47.8. The molecule has 0 aromatic carbocycles. The molecule has 0 saturated heterocycles. The van der Waals surface area contributed by atoms with E-state index in [4.69, 9.17) is 14.2 Å². The molecule has 6 heteroatoms. The van der Waals surface area contributed by atoms with Gasteiger partial charge in [0.05, 0.1) is 0 Å². The fourth-order valence-corrected chi connectivity index (χ4v) is 6.70. The average molecular weight is 825 g/mol. The highest BCUT2D eigenvalue weighted by Crippen LogP contribution is 2.14. The number of allylic oxidation sites excluding steroid dienone is 10. The van der Waals surface area contributed by atoms with Gasteiger partial charge >= 0.3 is 17.9 Å². The molecule has 0 radical (unpaired) electrons. The van der Waals surface area contributed by atoms with Gasteiger partial charge in [0.25, 0.3) is 0 Å². The zero-order chi connectivity index (χ0) is 43.0. The summed E-state index contributed by atoms with van der Waals surface area (Å²) in [7, 11) is 0.